The second kappa shape index (κ2) is 4.10. The first-order valence-electron chi connectivity index (χ1n) is 6.91. The molecule has 0 radical (unpaired) electrons. The molecular formula is C17H17NO. The Labute approximate surface area is 113 Å². The van der Waals surface area contributed by atoms with Crippen LogP contribution in [0, 0.1) is 6.92 Å². The van der Waals surface area contributed by atoms with Crippen LogP contribution in [0.1, 0.15) is 28.5 Å². The smallest absolute Gasteiger partial charge is 0.131 e. The Balaban J connectivity index is 1.94. The van der Waals surface area contributed by atoms with E-state index >= 15 is 0 Å². The van der Waals surface area contributed by atoms with Crippen molar-refractivity contribution in [2.24, 2.45) is 0 Å². The van der Waals surface area contributed by atoms with Crippen LogP contribution in [0.4, 0.5) is 0 Å². The van der Waals surface area contributed by atoms with Gasteiger partial charge in [0.15, 0.2) is 0 Å². The van der Waals surface area contributed by atoms with E-state index in [1.54, 1.807) is 0 Å². The lowest BCUT2D eigenvalue weighted by Crippen LogP contribution is -2.08. The van der Waals surface area contributed by atoms with Crippen molar-refractivity contribution in [3.8, 4) is 11.5 Å². The third-order valence-corrected chi connectivity index (χ3v) is 4.32. The molecule has 0 aromatic heterocycles. The maximum Gasteiger partial charge on any atom is 0.131 e. The molecule has 2 aromatic rings. The Bertz CT molecular complexity index is 635. The van der Waals surface area contributed by atoms with Crippen LogP contribution in [-0.4, -0.2) is 13.1 Å². The first-order chi connectivity index (χ1) is 9.33. The summed E-state index contributed by atoms with van der Waals surface area (Å²) in [6, 6.07) is 15.0. The molecule has 1 fully saturated rings. The molecule has 4 rings (SSSR count). The summed E-state index contributed by atoms with van der Waals surface area (Å²) in [7, 11) is 0. The summed E-state index contributed by atoms with van der Waals surface area (Å²) in [5.74, 6) is 3.09. The van der Waals surface area contributed by atoms with Gasteiger partial charge < -0.3 is 10.1 Å². The lowest BCUT2D eigenvalue weighted by atomic mass is 9.84. The standard InChI is InChI=1S/C17H17NO/c1-11-6-7-17-13(8-11)15-10-18-9-14(15)12-4-2-3-5-16(12)19-17/h2-8,14-15,18H,9-10H2,1H3/t14-,15-/m1/s1. The number of nitrogens with one attached hydrogen (secondary N) is 1. The predicted octanol–water partition coefficient (Wildman–Crippen LogP) is 3.57. The van der Waals surface area contributed by atoms with Crippen LogP contribution >= 0.6 is 0 Å². The molecule has 2 heteroatoms. The number of benzene rings is 2. The molecule has 2 nitrogen and oxygen atoms in total. The maximum atomic E-state index is 6.17. The third-order valence-electron chi connectivity index (χ3n) is 4.32. The van der Waals surface area contributed by atoms with Crippen molar-refractivity contribution >= 4 is 0 Å². The van der Waals surface area contributed by atoms with Crippen molar-refractivity contribution in [1.29, 1.82) is 0 Å². The highest BCUT2D eigenvalue weighted by Crippen LogP contribution is 2.47. The molecule has 0 aliphatic carbocycles. The van der Waals surface area contributed by atoms with E-state index in [0.29, 0.717) is 11.8 Å². The number of ether oxygens (including phenoxy) is 1. The number of fused-ring (bicyclic) bond motifs is 5. The van der Waals surface area contributed by atoms with E-state index < -0.39 is 0 Å². The molecule has 1 N–H and O–H groups in total. The van der Waals surface area contributed by atoms with E-state index in [-0.39, 0.29) is 0 Å². The molecule has 0 spiro atoms. The van der Waals surface area contributed by atoms with Gasteiger partial charge in [-0.2, -0.15) is 0 Å². The lowest BCUT2D eigenvalue weighted by molar-refractivity contribution is 0.476. The monoisotopic (exact) mass is 251 g/mol. The van der Waals surface area contributed by atoms with Gasteiger partial charge in [-0.15, -0.1) is 0 Å². The van der Waals surface area contributed by atoms with Crippen LogP contribution in [0.3, 0.4) is 0 Å². The van der Waals surface area contributed by atoms with E-state index in [9.17, 15) is 0 Å². The highest BCUT2D eigenvalue weighted by Gasteiger charge is 2.35. The molecule has 1 saturated heterocycles. The largest absolute Gasteiger partial charge is 0.457 e. The van der Waals surface area contributed by atoms with Crippen molar-refractivity contribution in [2.75, 3.05) is 13.1 Å². The van der Waals surface area contributed by atoms with Crippen molar-refractivity contribution in [3.05, 3.63) is 59.2 Å². The van der Waals surface area contributed by atoms with Gasteiger partial charge in [0, 0.05) is 30.5 Å². The molecule has 2 aromatic carbocycles. The normalized spacial score (nSPS) is 23.8. The van der Waals surface area contributed by atoms with Gasteiger partial charge >= 0.3 is 0 Å². The highest BCUT2D eigenvalue weighted by atomic mass is 16.5. The van der Waals surface area contributed by atoms with Gasteiger partial charge in [-0.3, -0.25) is 0 Å². The average Bonchev–Trinajstić information content (AvgIpc) is 2.86. The summed E-state index contributed by atoms with van der Waals surface area (Å²) in [6.07, 6.45) is 0. The van der Waals surface area contributed by atoms with Crippen LogP contribution in [0.15, 0.2) is 42.5 Å². The molecule has 0 bridgehead atoms. The number of hydrogen-bond donors (Lipinski definition) is 1. The number of aryl methyl sites for hydroxylation is 1. The minimum Gasteiger partial charge on any atom is -0.457 e. The molecule has 2 aliphatic heterocycles. The van der Waals surface area contributed by atoms with Gasteiger partial charge in [-0.25, -0.2) is 0 Å². The summed E-state index contributed by atoms with van der Waals surface area (Å²) < 4.78 is 6.17. The Morgan fingerprint density at radius 3 is 2.58 bits per heavy atom. The fraction of sp³-hybridized carbons (Fsp3) is 0.294. The Kier molecular flexibility index (Phi) is 2.39. The van der Waals surface area contributed by atoms with Crippen LogP contribution in [0.2, 0.25) is 0 Å². The molecule has 0 unspecified atom stereocenters. The molecule has 96 valence electrons. The van der Waals surface area contributed by atoms with Crippen molar-refractivity contribution in [1.82, 2.24) is 5.32 Å². The summed E-state index contributed by atoms with van der Waals surface area (Å²) in [5.41, 5.74) is 4.00. The van der Waals surface area contributed by atoms with Crippen LogP contribution in [-0.2, 0) is 0 Å². The van der Waals surface area contributed by atoms with Crippen molar-refractivity contribution in [2.45, 2.75) is 18.8 Å². The first-order valence-corrected chi connectivity index (χ1v) is 6.91. The maximum absolute atomic E-state index is 6.17. The molecule has 2 atom stereocenters. The molecule has 2 aliphatic rings. The van der Waals surface area contributed by atoms with Crippen LogP contribution < -0.4 is 10.1 Å². The van der Waals surface area contributed by atoms with Gasteiger partial charge in [0.05, 0.1) is 0 Å². The molecule has 0 saturated carbocycles. The third kappa shape index (κ3) is 1.67. The Morgan fingerprint density at radius 1 is 0.947 bits per heavy atom. The van der Waals surface area contributed by atoms with Gasteiger partial charge in [0.1, 0.15) is 11.5 Å². The SMILES string of the molecule is Cc1ccc2c(c1)[C@H]1CNC[C@@H]1c1ccccc1O2. The van der Waals surface area contributed by atoms with Gasteiger partial charge in [-0.05, 0) is 24.6 Å². The van der Waals surface area contributed by atoms with E-state index in [4.69, 9.17) is 4.74 Å². The van der Waals surface area contributed by atoms with Gasteiger partial charge in [-0.1, -0.05) is 35.9 Å². The molecule has 2 heterocycles. The Morgan fingerprint density at radius 2 is 1.68 bits per heavy atom. The van der Waals surface area contributed by atoms with E-state index in [1.165, 1.54) is 16.7 Å². The summed E-state index contributed by atoms with van der Waals surface area (Å²) >= 11 is 0. The molecular weight excluding hydrogens is 234 g/mol. The number of para-hydroxylation sites is 1. The van der Waals surface area contributed by atoms with Gasteiger partial charge in [0.25, 0.3) is 0 Å². The lowest BCUT2D eigenvalue weighted by Gasteiger charge is -2.17. The zero-order chi connectivity index (χ0) is 12.8. The topological polar surface area (TPSA) is 21.3 Å². The molecule has 0 amide bonds. The highest BCUT2D eigenvalue weighted by molar-refractivity contribution is 5.51. The quantitative estimate of drug-likeness (QED) is 0.773. The summed E-state index contributed by atoms with van der Waals surface area (Å²) in [5, 5.41) is 3.54. The minimum absolute atomic E-state index is 0.526. The van der Waals surface area contributed by atoms with E-state index in [2.05, 4.69) is 54.7 Å². The molecule has 19 heavy (non-hydrogen) atoms. The number of rotatable bonds is 0. The average molecular weight is 251 g/mol. The Hall–Kier alpha value is -1.80. The zero-order valence-corrected chi connectivity index (χ0v) is 11.0. The van der Waals surface area contributed by atoms with Crippen LogP contribution in [0.25, 0.3) is 0 Å². The summed E-state index contributed by atoms with van der Waals surface area (Å²) in [6.45, 7) is 4.23. The van der Waals surface area contributed by atoms with Crippen LogP contribution in [0.5, 0.6) is 11.5 Å². The first kappa shape index (κ1) is 11.1. The second-order valence-corrected chi connectivity index (χ2v) is 5.55. The second-order valence-electron chi connectivity index (χ2n) is 5.55. The predicted molar refractivity (Wildman–Crippen MR) is 76.0 cm³/mol. The van der Waals surface area contributed by atoms with Crippen molar-refractivity contribution < 1.29 is 4.74 Å². The fourth-order valence-corrected chi connectivity index (χ4v) is 3.38. The van der Waals surface area contributed by atoms with Gasteiger partial charge in [0.2, 0.25) is 0 Å². The zero-order valence-electron chi connectivity index (χ0n) is 11.0. The number of hydrogen-bond acceptors (Lipinski definition) is 2. The summed E-state index contributed by atoms with van der Waals surface area (Å²) in [4.78, 5) is 0. The van der Waals surface area contributed by atoms with E-state index in [1.807, 2.05) is 0 Å². The van der Waals surface area contributed by atoms with E-state index in [0.717, 1.165) is 24.6 Å². The minimum atomic E-state index is 0.526. The van der Waals surface area contributed by atoms with Crippen molar-refractivity contribution in [3.63, 3.8) is 0 Å². The fourth-order valence-electron chi connectivity index (χ4n) is 3.38.